The summed E-state index contributed by atoms with van der Waals surface area (Å²) in [6.45, 7) is 0. The number of carbonyl (C=O) groups excluding carboxylic acids is 2. The van der Waals surface area contributed by atoms with E-state index in [4.69, 9.17) is 4.74 Å². The number of alkyl halides is 3. The van der Waals surface area contributed by atoms with E-state index in [0.29, 0.717) is 12.8 Å². The number of nitrogens with zero attached hydrogens (tertiary/aromatic N) is 1. The Hall–Kier alpha value is -2.25. The molecule has 1 aromatic carbocycles. The van der Waals surface area contributed by atoms with Gasteiger partial charge in [0, 0.05) is 18.7 Å². The first kappa shape index (κ1) is 19.1. The summed E-state index contributed by atoms with van der Waals surface area (Å²) in [5.41, 5.74) is 0.101. The minimum Gasteiger partial charge on any atom is -0.469 e. The molecule has 5 nitrogen and oxygen atoms in total. The van der Waals surface area contributed by atoms with Gasteiger partial charge in [0.05, 0.1) is 13.0 Å². The Kier molecular flexibility index (Phi) is 5.92. The van der Waals surface area contributed by atoms with Crippen LogP contribution < -0.4 is 4.74 Å². The van der Waals surface area contributed by atoms with E-state index in [1.165, 1.54) is 24.1 Å². The number of rotatable bonds is 4. The highest BCUT2D eigenvalue weighted by molar-refractivity contribution is 5.94. The van der Waals surface area contributed by atoms with Crippen LogP contribution in [-0.2, 0) is 9.53 Å². The number of esters is 1. The van der Waals surface area contributed by atoms with E-state index in [1.807, 2.05) is 0 Å². The average Bonchev–Trinajstić information content (AvgIpc) is 2.58. The number of ether oxygens (including phenoxy) is 2. The SMILES string of the molecule is COC(=O)C1CCCC(N(C)C(=O)c2cccc(OC(F)(F)F)c2)C1. The molecule has 8 heteroatoms. The number of carbonyl (C=O) groups is 2. The van der Waals surface area contributed by atoms with E-state index in [2.05, 4.69) is 4.74 Å². The van der Waals surface area contributed by atoms with Crippen LogP contribution in [0.1, 0.15) is 36.0 Å². The van der Waals surface area contributed by atoms with Gasteiger partial charge in [-0.3, -0.25) is 9.59 Å². The largest absolute Gasteiger partial charge is 0.573 e. The quantitative estimate of drug-likeness (QED) is 0.774. The Labute approximate surface area is 143 Å². The van der Waals surface area contributed by atoms with Gasteiger partial charge >= 0.3 is 12.3 Å². The molecule has 1 saturated carbocycles. The van der Waals surface area contributed by atoms with Crippen molar-refractivity contribution in [1.82, 2.24) is 4.90 Å². The molecule has 0 bridgehead atoms. The van der Waals surface area contributed by atoms with Crippen molar-refractivity contribution in [1.29, 1.82) is 0 Å². The highest BCUT2D eigenvalue weighted by Gasteiger charge is 2.33. The molecule has 1 fully saturated rings. The molecule has 2 atom stereocenters. The normalized spacial score (nSPS) is 20.7. The fourth-order valence-electron chi connectivity index (χ4n) is 3.09. The van der Waals surface area contributed by atoms with Crippen LogP contribution in [0.5, 0.6) is 5.75 Å². The molecule has 2 rings (SSSR count). The summed E-state index contributed by atoms with van der Waals surface area (Å²) in [7, 11) is 2.91. The Morgan fingerprint density at radius 3 is 2.60 bits per heavy atom. The molecular formula is C17H20F3NO4. The monoisotopic (exact) mass is 359 g/mol. The van der Waals surface area contributed by atoms with E-state index in [9.17, 15) is 22.8 Å². The molecule has 1 aliphatic rings. The van der Waals surface area contributed by atoms with Crippen LogP contribution in [0.4, 0.5) is 13.2 Å². The number of halogens is 3. The third-order valence-corrected chi connectivity index (χ3v) is 4.36. The van der Waals surface area contributed by atoms with Crippen molar-refractivity contribution in [3.63, 3.8) is 0 Å². The van der Waals surface area contributed by atoms with Crippen LogP contribution in [-0.4, -0.2) is 43.3 Å². The maximum atomic E-state index is 12.6. The van der Waals surface area contributed by atoms with E-state index < -0.39 is 18.0 Å². The molecule has 0 aliphatic heterocycles. The van der Waals surface area contributed by atoms with E-state index >= 15 is 0 Å². The topological polar surface area (TPSA) is 55.8 Å². The maximum Gasteiger partial charge on any atom is 0.573 e. The number of hydrogen-bond donors (Lipinski definition) is 0. The highest BCUT2D eigenvalue weighted by Crippen LogP contribution is 2.29. The molecule has 2 unspecified atom stereocenters. The third kappa shape index (κ3) is 5.11. The van der Waals surface area contributed by atoms with Crippen molar-refractivity contribution >= 4 is 11.9 Å². The first-order chi connectivity index (χ1) is 11.7. The molecule has 138 valence electrons. The Bertz CT molecular complexity index is 633. The highest BCUT2D eigenvalue weighted by atomic mass is 19.4. The van der Waals surface area contributed by atoms with Crippen LogP contribution in [0, 0.1) is 5.92 Å². The van der Waals surface area contributed by atoms with Crippen LogP contribution in [0.2, 0.25) is 0 Å². The lowest BCUT2D eigenvalue weighted by molar-refractivity contribution is -0.274. The van der Waals surface area contributed by atoms with Gasteiger partial charge in [-0.1, -0.05) is 12.5 Å². The molecule has 0 spiro atoms. The molecule has 1 aromatic rings. The fourth-order valence-corrected chi connectivity index (χ4v) is 3.09. The molecule has 1 aliphatic carbocycles. The molecule has 0 aromatic heterocycles. The Balaban J connectivity index is 2.09. The Morgan fingerprint density at radius 2 is 1.96 bits per heavy atom. The van der Waals surface area contributed by atoms with Crippen molar-refractivity contribution in [2.45, 2.75) is 38.1 Å². The number of methoxy groups -OCH3 is 1. The lowest BCUT2D eigenvalue weighted by Crippen LogP contribution is -2.41. The van der Waals surface area contributed by atoms with Gasteiger partial charge in [-0.25, -0.2) is 0 Å². The first-order valence-electron chi connectivity index (χ1n) is 7.92. The molecule has 1 amide bonds. The van der Waals surface area contributed by atoms with Crippen molar-refractivity contribution in [3.8, 4) is 5.75 Å². The van der Waals surface area contributed by atoms with E-state index in [-0.39, 0.29) is 23.5 Å². The third-order valence-electron chi connectivity index (χ3n) is 4.36. The van der Waals surface area contributed by atoms with Crippen LogP contribution in [0.15, 0.2) is 24.3 Å². The fraction of sp³-hybridized carbons (Fsp3) is 0.529. The summed E-state index contributed by atoms with van der Waals surface area (Å²) in [4.78, 5) is 25.8. The van der Waals surface area contributed by atoms with Crippen molar-refractivity contribution in [2.75, 3.05) is 14.2 Å². The van der Waals surface area contributed by atoms with Crippen molar-refractivity contribution < 1.29 is 32.2 Å². The van der Waals surface area contributed by atoms with E-state index in [1.54, 1.807) is 7.05 Å². The van der Waals surface area contributed by atoms with Crippen LogP contribution in [0.3, 0.4) is 0 Å². The number of benzene rings is 1. The standard InChI is InChI=1S/C17H20F3NO4/c1-21(13-7-3-6-12(9-13)16(23)24-2)15(22)11-5-4-8-14(10-11)25-17(18,19)20/h4-5,8,10,12-13H,3,6-7,9H2,1-2H3. The molecule has 25 heavy (non-hydrogen) atoms. The lowest BCUT2D eigenvalue weighted by Gasteiger charge is -2.34. The predicted octanol–water partition coefficient (Wildman–Crippen LogP) is 3.39. The second kappa shape index (κ2) is 7.76. The maximum absolute atomic E-state index is 12.6. The summed E-state index contributed by atoms with van der Waals surface area (Å²) in [6.07, 6.45) is -2.12. The zero-order chi connectivity index (χ0) is 18.6. The first-order valence-corrected chi connectivity index (χ1v) is 7.92. The van der Waals surface area contributed by atoms with Gasteiger partial charge in [0.1, 0.15) is 5.75 Å². The van der Waals surface area contributed by atoms with Gasteiger partial charge in [-0.15, -0.1) is 13.2 Å². The summed E-state index contributed by atoms with van der Waals surface area (Å²) < 4.78 is 45.6. The van der Waals surface area contributed by atoms with Gasteiger partial charge in [0.25, 0.3) is 5.91 Å². The van der Waals surface area contributed by atoms with Gasteiger partial charge in [0.15, 0.2) is 0 Å². The van der Waals surface area contributed by atoms with Gasteiger partial charge in [0.2, 0.25) is 0 Å². The number of hydrogen-bond acceptors (Lipinski definition) is 4. The average molecular weight is 359 g/mol. The zero-order valence-electron chi connectivity index (χ0n) is 14.0. The second-order valence-corrected chi connectivity index (χ2v) is 6.03. The molecule has 0 saturated heterocycles. The second-order valence-electron chi connectivity index (χ2n) is 6.03. The predicted molar refractivity (Wildman–Crippen MR) is 83.0 cm³/mol. The van der Waals surface area contributed by atoms with Gasteiger partial charge in [-0.05, 0) is 37.5 Å². The molecular weight excluding hydrogens is 339 g/mol. The number of amides is 1. The summed E-state index contributed by atoms with van der Waals surface area (Å²) >= 11 is 0. The lowest BCUT2D eigenvalue weighted by atomic mass is 9.85. The summed E-state index contributed by atoms with van der Waals surface area (Å²) in [5, 5.41) is 0. The Morgan fingerprint density at radius 1 is 1.24 bits per heavy atom. The molecule has 0 heterocycles. The minimum atomic E-state index is -4.81. The molecule has 0 N–H and O–H groups in total. The minimum absolute atomic E-state index is 0.101. The van der Waals surface area contributed by atoms with Crippen molar-refractivity contribution in [3.05, 3.63) is 29.8 Å². The smallest absolute Gasteiger partial charge is 0.469 e. The van der Waals surface area contributed by atoms with Gasteiger partial charge < -0.3 is 14.4 Å². The summed E-state index contributed by atoms with van der Waals surface area (Å²) in [6, 6.07) is 4.80. The zero-order valence-corrected chi connectivity index (χ0v) is 14.0. The van der Waals surface area contributed by atoms with Gasteiger partial charge in [-0.2, -0.15) is 0 Å². The summed E-state index contributed by atoms with van der Waals surface area (Å²) in [5.74, 6) is -1.42. The van der Waals surface area contributed by atoms with Crippen LogP contribution >= 0.6 is 0 Å². The van der Waals surface area contributed by atoms with Crippen LogP contribution in [0.25, 0.3) is 0 Å². The van der Waals surface area contributed by atoms with Crippen molar-refractivity contribution in [2.24, 2.45) is 5.92 Å². The molecule has 0 radical (unpaired) electrons. The van der Waals surface area contributed by atoms with E-state index in [0.717, 1.165) is 25.0 Å².